The Hall–Kier alpha value is -3.19. The summed E-state index contributed by atoms with van der Waals surface area (Å²) < 4.78 is 20.6. The smallest absolute Gasteiger partial charge is 0.261 e. The van der Waals surface area contributed by atoms with Gasteiger partial charge >= 0.3 is 0 Å². The average molecular weight is 596 g/mol. The summed E-state index contributed by atoms with van der Waals surface area (Å²) in [6.45, 7) is 3.89. The average Bonchev–Trinajstić information content (AvgIpc) is 2.94. The summed E-state index contributed by atoms with van der Waals surface area (Å²) >= 11 is 3.56. The number of carbonyl (C=O) groups is 2. The molecule has 3 aromatic rings. The van der Waals surface area contributed by atoms with Crippen LogP contribution in [0.5, 0.6) is 5.75 Å². The zero-order chi connectivity index (χ0) is 27.8. The van der Waals surface area contributed by atoms with E-state index in [9.17, 15) is 14.0 Å². The zero-order valence-corrected chi connectivity index (χ0v) is 24.2. The molecule has 39 heavy (non-hydrogen) atoms. The lowest BCUT2D eigenvalue weighted by Gasteiger charge is -2.33. The molecule has 0 saturated heterocycles. The summed E-state index contributed by atoms with van der Waals surface area (Å²) in [5, 5.41) is 3.23. The van der Waals surface area contributed by atoms with Gasteiger partial charge in [0, 0.05) is 23.5 Å². The highest BCUT2D eigenvalue weighted by Crippen LogP contribution is 2.27. The molecule has 0 unspecified atom stereocenters. The van der Waals surface area contributed by atoms with Gasteiger partial charge in [-0.1, -0.05) is 77.7 Å². The predicted octanol–water partition coefficient (Wildman–Crippen LogP) is 6.67. The van der Waals surface area contributed by atoms with Crippen LogP contribution in [-0.4, -0.2) is 35.4 Å². The highest BCUT2D eigenvalue weighted by Gasteiger charge is 2.32. The molecule has 4 rings (SSSR count). The number of amides is 2. The molecule has 3 aromatic carbocycles. The minimum absolute atomic E-state index is 0.109. The van der Waals surface area contributed by atoms with Gasteiger partial charge in [-0.15, -0.1) is 0 Å². The van der Waals surface area contributed by atoms with Crippen molar-refractivity contribution in [1.82, 2.24) is 10.2 Å². The van der Waals surface area contributed by atoms with Crippen LogP contribution >= 0.6 is 15.9 Å². The van der Waals surface area contributed by atoms with E-state index in [0.29, 0.717) is 12.2 Å². The van der Waals surface area contributed by atoms with Crippen LogP contribution < -0.4 is 10.1 Å². The zero-order valence-electron chi connectivity index (χ0n) is 22.6. The molecule has 1 saturated carbocycles. The Bertz CT molecular complexity index is 1240. The molecule has 0 bridgehead atoms. The van der Waals surface area contributed by atoms with Crippen molar-refractivity contribution in [2.24, 2.45) is 0 Å². The molecule has 0 aromatic heterocycles. The molecule has 5 nitrogen and oxygen atoms in total. The Morgan fingerprint density at radius 2 is 1.62 bits per heavy atom. The van der Waals surface area contributed by atoms with Crippen molar-refractivity contribution in [3.63, 3.8) is 0 Å². The van der Waals surface area contributed by atoms with Crippen LogP contribution in [0, 0.1) is 19.7 Å². The summed E-state index contributed by atoms with van der Waals surface area (Å²) in [4.78, 5) is 29.2. The summed E-state index contributed by atoms with van der Waals surface area (Å²) in [5.74, 6) is -0.236. The maximum Gasteiger partial charge on any atom is 0.261 e. The van der Waals surface area contributed by atoms with Crippen LogP contribution in [0.2, 0.25) is 0 Å². The van der Waals surface area contributed by atoms with Crippen LogP contribution in [-0.2, 0) is 22.6 Å². The molecule has 1 aliphatic carbocycles. The highest BCUT2D eigenvalue weighted by atomic mass is 79.9. The Kier molecular flexibility index (Phi) is 10.2. The molecule has 1 fully saturated rings. The van der Waals surface area contributed by atoms with E-state index in [0.717, 1.165) is 52.4 Å². The summed E-state index contributed by atoms with van der Waals surface area (Å²) in [6.07, 6.45) is 5.62. The van der Waals surface area contributed by atoms with Gasteiger partial charge in [0.05, 0.1) is 0 Å². The molecular weight excluding hydrogens is 559 g/mol. The molecule has 1 aliphatic rings. The fourth-order valence-electron chi connectivity index (χ4n) is 5.10. The second kappa shape index (κ2) is 13.7. The molecule has 7 heteroatoms. The summed E-state index contributed by atoms with van der Waals surface area (Å²) in [5.41, 5.74) is 3.71. The van der Waals surface area contributed by atoms with E-state index in [1.165, 1.54) is 18.6 Å². The van der Waals surface area contributed by atoms with E-state index in [1.807, 2.05) is 56.3 Å². The third-order valence-corrected chi connectivity index (χ3v) is 8.51. The first-order valence-corrected chi connectivity index (χ1v) is 14.4. The molecule has 0 radical (unpaired) electrons. The number of nitrogens with zero attached hydrogens (tertiary/aromatic N) is 1. The van der Waals surface area contributed by atoms with Gasteiger partial charge in [0.2, 0.25) is 5.91 Å². The van der Waals surface area contributed by atoms with Crippen molar-refractivity contribution in [3.8, 4) is 5.75 Å². The highest BCUT2D eigenvalue weighted by molar-refractivity contribution is 9.10. The number of hydrogen-bond donors (Lipinski definition) is 1. The van der Waals surface area contributed by atoms with Gasteiger partial charge in [-0.25, -0.2) is 4.39 Å². The number of rotatable bonds is 10. The number of aryl methyl sites for hydroxylation is 2. The van der Waals surface area contributed by atoms with Crippen LogP contribution in [0.15, 0.2) is 71.2 Å². The molecule has 1 N–H and O–H groups in total. The van der Waals surface area contributed by atoms with Crippen LogP contribution in [0.3, 0.4) is 0 Å². The minimum atomic E-state index is -0.746. The van der Waals surface area contributed by atoms with E-state index in [2.05, 4.69) is 21.2 Å². The Morgan fingerprint density at radius 1 is 0.974 bits per heavy atom. The monoisotopic (exact) mass is 594 g/mol. The number of carbonyl (C=O) groups excluding carboxylic acids is 2. The number of benzene rings is 3. The molecule has 0 spiro atoms. The first-order chi connectivity index (χ1) is 18.8. The fourth-order valence-corrected chi connectivity index (χ4v) is 5.33. The minimum Gasteiger partial charge on any atom is -0.484 e. The van der Waals surface area contributed by atoms with Crippen molar-refractivity contribution >= 4 is 27.7 Å². The number of halogens is 2. The first kappa shape index (κ1) is 28.8. The van der Waals surface area contributed by atoms with Crippen molar-refractivity contribution < 1.29 is 18.7 Å². The van der Waals surface area contributed by atoms with Gasteiger partial charge in [-0.05, 0) is 73.2 Å². The molecule has 2 amide bonds. The van der Waals surface area contributed by atoms with Crippen LogP contribution in [0.4, 0.5) is 4.39 Å². The van der Waals surface area contributed by atoms with Gasteiger partial charge in [0.15, 0.2) is 6.61 Å². The van der Waals surface area contributed by atoms with E-state index in [4.69, 9.17) is 4.74 Å². The maximum atomic E-state index is 13.8. The van der Waals surface area contributed by atoms with Crippen molar-refractivity contribution in [3.05, 3.63) is 99.3 Å². The number of hydrogen-bond acceptors (Lipinski definition) is 3. The Labute approximate surface area is 238 Å². The Morgan fingerprint density at radius 3 is 2.26 bits per heavy atom. The van der Waals surface area contributed by atoms with Crippen LogP contribution in [0.25, 0.3) is 0 Å². The molecule has 0 heterocycles. The van der Waals surface area contributed by atoms with Gasteiger partial charge in [-0.3, -0.25) is 9.59 Å². The quantitative estimate of drug-likeness (QED) is 0.285. The fraction of sp³-hybridized carbons (Fsp3) is 0.375. The summed E-state index contributed by atoms with van der Waals surface area (Å²) in [6, 6.07) is 18.9. The third-order valence-electron chi connectivity index (χ3n) is 7.26. The van der Waals surface area contributed by atoms with Gasteiger partial charge in [-0.2, -0.15) is 0 Å². The van der Waals surface area contributed by atoms with Crippen molar-refractivity contribution in [2.45, 2.75) is 71.0 Å². The topological polar surface area (TPSA) is 58.6 Å². The third kappa shape index (κ3) is 8.15. The number of nitrogens with one attached hydrogen (secondary N) is 1. The van der Waals surface area contributed by atoms with E-state index < -0.39 is 6.04 Å². The second-order valence-electron chi connectivity index (χ2n) is 10.4. The van der Waals surface area contributed by atoms with Crippen molar-refractivity contribution in [2.75, 3.05) is 6.61 Å². The molecular formula is C32H36BrFN2O3. The number of ether oxygens (including phenoxy) is 1. The second-order valence-corrected chi connectivity index (χ2v) is 11.1. The van der Waals surface area contributed by atoms with E-state index in [-0.39, 0.29) is 36.8 Å². The van der Waals surface area contributed by atoms with Crippen LogP contribution in [0.1, 0.15) is 54.4 Å². The summed E-state index contributed by atoms with van der Waals surface area (Å²) in [7, 11) is 0. The molecule has 1 atom stereocenters. The van der Waals surface area contributed by atoms with Crippen molar-refractivity contribution in [1.29, 1.82) is 0 Å². The standard InChI is InChI=1S/C32H36BrFN2O3/c1-22-17-28(18-23(2)31(22)33)39-21-30(37)36(20-25-13-15-26(34)16-14-25)29(19-24-9-5-3-6-10-24)32(38)35-27-11-7-4-8-12-27/h3,5-6,9-10,13-18,27,29H,4,7-8,11-12,19-21H2,1-2H3,(H,35,38)/t29-/m1/s1. The maximum absolute atomic E-state index is 13.8. The normalized spacial score (nSPS) is 14.5. The van der Waals surface area contributed by atoms with E-state index >= 15 is 0 Å². The molecule has 0 aliphatic heterocycles. The largest absolute Gasteiger partial charge is 0.484 e. The lowest BCUT2D eigenvalue weighted by Crippen LogP contribution is -2.53. The lowest BCUT2D eigenvalue weighted by molar-refractivity contribution is -0.143. The SMILES string of the molecule is Cc1cc(OCC(=O)N(Cc2ccc(F)cc2)[C@H](Cc2ccccc2)C(=O)NC2CCCCC2)cc(C)c1Br. The lowest BCUT2D eigenvalue weighted by atomic mass is 9.94. The van der Waals surface area contributed by atoms with E-state index in [1.54, 1.807) is 17.0 Å². The van der Waals surface area contributed by atoms with Gasteiger partial charge in [0.1, 0.15) is 17.6 Å². The predicted molar refractivity (Wildman–Crippen MR) is 155 cm³/mol. The Balaban J connectivity index is 1.61. The first-order valence-electron chi connectivity index (χ1n) is 13.6. The van der Waals surface area contributed by atoms with Gasteiger partial charge in [0.25, 0.3) is 5.91 Å². The molecule has 206 valence electrons. The van der Waals surface area contributed by atoms with Gasteiger partial charge < -0.3 is 15.0 Å².